The van der Waals surface area contributed by atoms with Gasteiger partial charge in [0.1, 0.15) is 5.25 Å². The summed E-state index contributed by atoms with van der Waals surface area (Å²) in [5.41, 5.74) is 0.854. The Balaban J connectivity index is 1.55. The van der Waals surface area contributed by atoms with Crippen molar-refractivity contribution in [3.05, 3.63) is 95.0 Å². The highest BCUT2D eigenvalue weighted by Gasteiger charge is 2.39. The second-order valence-corrected chi connectivity index (χ2v) is 9.32. The molecule has 0 bridgehead atoms. The summed E-state index contributed by atoms with van der Waals surface area (Å²) in [6, 6.07) is 20.3. The van der Waals surface area contributed by atoms with Gasteiger partial charge in [-0.1, -0.05) is 59.8 Å². The summed E-state index contributed by atoms with van der Waals surface area (Å²) in [5.74, 6) is -0.667. The molecule has 1 unspecified atom stereocenters. The molecule has 0 aromatic heterocycles. The highest BCUT2D eigenvalue weighted by atomic mass is 35.5. The molecule has 180 valence electrons. The van der Waals surface area contributed by atoms with Crippen LogP contribution in [0.5, 0.6) is 0 Å². The molecule has 1 saturated heterocycles. The Morgan fingerprint density at radius 3 is 2.40 bits per heavy atom. The van der Waals surface area contributed by atoms with E-state index in [-0.39, 0.29) is 30.5 Å². The molecular formula is C25H19ClF3N3O2S. The SMILES string of the molecule is O=C(CC1SC(=Nc2ccc(C(F)(F)F)cc2)N(Cc2ccccc2)C1=O)Nc1cccc(Cl)c1. The first kappa shape index (κ1) is 24.8. The third-order valence-corrected chi connectivity index (χ3v) is 6.51. The van der Waals surface area contributed by atoms with Crippen molar-refractivity contribution in [2.75, 3.05) is 5.32 Å². The molecule has 1 N–H and O–H groups in total. The molecule has 3 aromatic carbocycles. The summed E-state index contributed by atoms with van der Waals surface area (Å²) in [7, 11) is 0. The zero-order valence-electron chi connectivity index (χ0n) is 18.1. The molecule has 5 nitrogen and oxygen atoms in total. The number of halogens is 4. The second-order valence-electron chi connectivity index (χ2n) is 7.72. The predicted molar refractivity (Wildman–Crippen MR) is 132 cm³/mol. The van der Waals surface area contributed by atoms with Crippen LogP contribution in [-0.2, 0) is 22.3 Å². The van der Waals surface area contributed by atoms with Gasteiger partial charge in [-0.25, -0.2) is 4.99 Å². The molecule has 0 saturated carbocycles. The summed E-state index contributed by atoms with van der Waals surface area (Å²) in [4.78, 5) is 31.7. The third-order valence-electron chi connectivity index (χ3n) is 5.10. The Bertz CT molecular complexity index is 1250. The number of aliphatic imine (C=N–C) groups is 1. The number of amidine groups is 1. The lowest BCUT2D eigenvalue weighted by Crippen LogP contribution is -2.33. The van der Waals surface area contributed by atoms with Gasteiger partial charge >= 0.3 is 6.18 Å². The van der Waals surface area contributed by atoms with Crippen molar-refractivity contribution in [1.29, 1.82) is 0 Å². The maximum atomic E-state index is 13.2. The van der Waals surface area contributed by atoms with Crippen molar-refractivity contribution < 1.29 is 22.8 Å². The molecule has 3 aromatic rings. The molecule has 1 heterocycles. The predicted octanol–water partition coefficient (Wildman–Crippen LogP) is 6.52. The lowest BCUT2D eigenvalue weighted by Gasteiger charge is -2.16. The molecular weight excluding hydrogens is 499 g/mol. The first-order valence-corrected chi connectivity index (χ1v) is 11.8. The summed E-state index contributed by atoms with van der Waals surface area (Å²) in [6.07, 6.45) is -4.56. The summed E-state index contributed by atoms with van der Waals surface area (Å²) in [6.45, 7) is 0.221. The van der Waals surface area contributed by atoms with E-state index in [1.165, 1.54) is 17.0 Å². The fraction of sp³-hybridized carbons (Fsp3) is 0.160. The largest absolute Gasteiger partial charge is 0.416 e. The molecule has 2 amide bonds. The topological polar surface area (TPSA) is 61.8 Å². The first-order chi connectivity index (χ1) is 16.7. The van der Waals surface area contributed by atoms with Crippen molar-refractivity contribution >= 4 is 51.7 Å². The van der Waals surface area contributed by atoms with Gasteiger partial charge in [0.05, 0.1) is 17.8 Å². The van der Waals surface area contributed by atoms with Crippen LogP contribution in [0.2, 0.25) is 5.02 Å². The highest BCUT2D eigenvalue weighted by Crippen LogP contribution is 2.34. The Morgan fingerprint density at radius 1 is 1.03 bits per heavy atom. The van der Waals surface area contributed by atoms with Gasteiger partial charge in [0, 0.05) is 17.1 Å². The molecule has 0 radical (unpaired) electrons. The van der Waals surface area contributed by atoms with E-state index in [1.807, 2.05) is 30.3 Å². The number of hydrogen-bond donors (Lipinski definition) is 1. The van der Waals surface area contributed by atoms with Gasteiger partial charge < -0.3 is 5.32 Å². The summed E-state index contributed by atoms with van der Waals surface area (Å²) >= 11 is 7.06. The van der Waals surface area contributed by atoms with E-state index in [0.29, 0.717) is 15.9 Å². The Morgan fingerprint density at radius 2 is 1.74 bits per heavy atom. The van der Waals surface area contributed by atoms with Gasteiger partial charge in [0.15, 0.2) is 5.17 Å². The van der Waals surface area contributed by atoms with Crippen LogP contribution in [-0.4, -0.2) is 27.1 Å². The minimum Gasteiger partial charge on any atom is -0.326 e. The quantitative estimate of drug-likeness (QED) is 0.405. The Kier molecular flexibility index (Phi) is 7.47. The molecule has 10 heteroatoms. The number of carbonyl (C=O) groups is 2. The minimum atomic E-state index is -4.45. The van der Waals surface area contributed by atoms with Gasteiger partial charge in [-0.3, -0.25) is 14.5 Å². The van der Waals surface area contributed by atoms with Gasteiger partial charge in [-0.15, -0.1) is 0 Å². The van der Waals surface area contributed by atoms with E-state index in [0.717, 1.165) is 29.5 Å². The number of benzene rings is 3. The van der Waals surface area contributed by atoms with E-state index < -0.39 is 17.0 Å². The van der Waals surface area contributed by atoms with Crippen molar-refractivity contribution in [2.24, 2.45) is 4.99 Å². The summed E-state index contributed by atoms with van der Waals surface area (Å²) < 4.78 is 38.7. The van der Waals surface area contributed by atoms with Gasteiger partial charge in [-0.2, -0.15) is 13.2 Å². The van der Waals surface area contributed by atoms with Crippen LogP contribution < -0.4 is 5.32 Å². The van der Waals surface area contributed by atoms with Crippen molar-refractivity contribution in [2.45, 2.75) is 24.4 Å². The zero-order valence-corrected chi connectivity index (χ0v) is 19.7. The average molecular weight is 518 g/mol. The van der Waals surface area contributed by atoms with Crippen LogP contribution in [0.25, 0.3) is 0 Å². The number of amides is 2. The number of rotatable bonds is 6. The van der Waals surface area contributed by atoms with Gasteiger partial charge in [0.25, 0.3) is 0 Å². The van der Waals surface area contributed by atoms with Crippen LogP contribution in [0, 0.1) is 0 Å². The first-order valence-electron chi connectivity index (χ1n) is 10.5. The number of hydrogen-bond acceptors (Lipinski definition) is 4. The number of nitrogens with zero attached hydrogens (tertiary/aromatic N) is 2. The Hall–Kier alpha value is -3.30. The molecule has 1 fully saturated rings. The number of nitrogens with one attached hydrogen (secondary N) is 1. The van der Waals surface area contributed by atoms with Crippen LogP contribution in [0.15, 0.2) is 83.9 Å². The standard InChI is InChI=1S/C25H19ClF3N3O2S/c26-18-7-4-8-20(13-18)30-22(33)14-21-23(34)32(15-16-5-2-1-3-6-16)24(35-21)31-19-11-9-17(10-12-19)25(27,28)29/h1-13,21H,14-15H2,(H,30,33). The smallest absolute Gasteiger partial charge is 0.326 e. The number of alkyl halides is 3. The maximum absolute atomic E-state index is 13.2. The maximum Gasteiger partial charge on any atom is 0.416 e. The number of carbonyl (C=O) groups excluding carboxylic acids is 2. The third kappa shape index (κ3) is 6.43. The zero-order chi connectivity index (χ0) is 25.0. The fourth-order valence-electron chi connectivity index (χ4n) is 3.42. The molecule has 0 spiro atoms. The van der Waals surface area contributed by atoms with Crippen molar-refractivity contribution in [1.82, 2.24) is 4.90 Å². The Labute approximate surface area is 209 Å². The molecule has 0 aliphatic carbocycles. The monoisotopic (exact) mass is 517 g/mol. The van der Waals surface area contributed by atoms with Crippen LogP contribution >= 0.6 is 23.4 Å². The van der Waals surface area contributed by atoms with Crippen LogP contribution in [0.4, 0.5) is 24.5 Å². The van der Waals surface area contributed by atoms with Crippen molar-refractivity contribution in [3.8, 4) is 0 Å². The van der Waals surface area contributed by atoms with E-state index in [4.69, 9.17) is 11.6 Å². The average Bonchev–Trinajstić information content (AvgIpc) is 3.08. The fourth-order valence-corrected chi connectivity index (χ4v) is 4.77. The van der Waals surface area contributed by atoms with E-state index in [9.17, 15) is 22.8 Å². The van der Waals surface area contributed by atoms with E-state index in [1.54, 1.807) is 24.3 Å². The van der Waals surface area contributed by atoms with Crippen LogP contribution in [0.1, 0.15) is 17.5 Å². The van der Waals surface area contributed by atoms with E-state index in [2.05, 4.69) is 10.3 Å². The molecule has 35 heavy (non-hydrogen) atoms. The second kappa shape index (κ2) is 10.5. The minimum absolute atomic E-state index is 0.104. The lowest BCUT2D eigenvalue weighted by atomic mass is 10.2. The molecule has 1 aliphatic rings. The summed E-state index contributed by atoms with van der Waals surface area (Å²) in [5, 5.41) is 2.78. The van der Waals surface area contributed by atoms with Gasteiger partial charge in [0.2, 0.25) is 11.8 Å². The molecule has 1 atom stereocenters. The van der Waals surface area contributed by atoms with Crippen molar-refractivity contribution in [3.63, 3.8) is 0 Å². The normalized spacial score (nSPS) is 17.1. The van der Waals surface area contributed by atoms with Crippen LogP contribution in [0.3, 0.4) is 0 Å². The molecule has 1 aliphatic heterocycles. The highest BCUT2D eigenvalue weighted by molar-refractivity contribution is 8.15. The number of thioether (sulfide) groups is 1. The number of anilines is 1. The lowest BCUT2D eigenvalue weighted by molar-refractivity contribution is -0.137. The molecule has 4 rings (SSSR count). The van der Waals surface area contributed by atoms with E-state index >= 15 is 0 Å². The van der Waals surface area contributed by atoms with Gasteiger partial charge in [-0.05, 0) is 48.0 Å².